The highest BCUT2D eigenvalue weighted by Gasteiger charge is 2.32. The number of unbranched alkanes of at least 4 members (excludes halogenated alkanes) is 4. The molecule has 0 radical (unpaired) electrons. The maximum atomic E-state index is 14.4. The molecular weight excluding hydrogens is 595 g/mol. The van der Waals surface area contributed by atoms with Gasteiger partial charge in [-0.1, -0.05) is 132 Å². The van der Waals surface area contributed by atoms with Crippen LogP contribution >= 0.6 is 0 Å². The molecule has 0 unspecified atom stereocenters. The molecule has 8 heteroatoms. The molecule has 4 atom stereocenters. The van der Waals surface area contributed by atoms with Gasteiger partial charge in [-0.05, 0) is 61.5 Å². The molecule has 0 N–H and O–H groups in total. The Labute approximate surface area is 284 Å². The van der Waals surface area contributed by atoms with Gasteiger partial charge in [-0.2, -0.15) is 4.31 Å². The van der Waals surface area contributed by atoms with Gasteiger partial charge in [-0.25, -0.2) is 8.42 Å². The minimum Gasteiger partial charge on any atom is -0.365 e. The summed E-state index contributed by atoms with van der Waals surface area (Å²) in [6, 6.07) is 4.76. The van der Waals surface area contributed by atoms with Gasteiger partial charge in [0.1, 0.15) is 5.69 Å². The topological polar surface area (TPSA) is 83.8 Å². The van der Waals surface area contributed by atoms with Gasteiger partial charge in [0.25, 0.3) is 5.69 Å². The van der Waals surface area contributed by atoms with Crippen molar-refractivity contribution in [1.29, 1.82) is 0 Å². The first-order chi connectivity index (χ1) is 22.1. The summed E-state index contributed by atoms with van der Waals surface area (Å²) < 4.78 is 30.5. The Morgan fingerprint density at radius 1 is 0.630 bits per heavy atom. The van der Waals surface area contributed by atoms with Gasteiger partial charge in [0.05, 0.1) is 9.82 Å². The largest absolute Gasteiger partial charge is 0.365 e. The highest BCUT2D eigenvalue weighted by molar-refractivity contribution is 7.89. The number of hydrogen-bond acceptors (Lipinski definition) is 5. The fraction of sp³-hybridized carbons (Fsp3) is 0.842. The molecule has 0 heterocycles. The summed E-state index contributed by atoms with van der Waals surface area (Å²) in [6.07, 6.45) is 16.9. The number of sulfonamides is 1. The highest BCUT2D eigenvalue weighted by atomic mass is 32.2. The highest BCUT2D eigenvalue weighted by Crippen LogP contribution is 2.35. The number of nitro groups is 1. The molecule has 7 nitrogen and oxygen atoms in total. The van der Waals surface area contributed by atoms with Crippen molar-refractivity contribution in [3.8, 4) is 0 Å². The van der Waals surface area contributed by atoms with Gasteiger partial charge in [-0.15, -0.1) is 0 Å². The SMILES string of the molecule is CCCC[C@@H](CC)CN(C[C@@H](CC)CCCC)c1ccc(S(=O)(=O)N(C[C@H](CC)CCCC)C[C@@H](CC)CCCC)cc1[N+](=O)[O-]. The van der Waals surface area contributed by atoms with E-state index in [0.29, 0.717) is 30.6 Å². The third kappa shape index (κ3) is 14.2. The molecule has 0 saturated carbocycles. The Hall–Kier alpha value is -1.67. The van der Waals surface area contributed by atoms with Crippen LogP contribution in [0.1, 0.15) is 158 Å². The van der Waals surface area contributed by atoms with Gasteiger partial charge in [0.2, 0.25) is 10.0 Å². The van der Waals surface area contributed by atoms with E-state index in [2.05, 4.69) is 60.3 Å². The van der Waals surface area contributed by atoms with Crippen molar-refractivity contribution in [3.63, 3.8) is 0 Å². The van der Waals surface area contributed by atoms with Crippen LogP contribution in [0.3, 0.4) is 0 Å². The smallest absolute Gasteiger partial charge is 0.293 e. The van der Waals surface area contributed by atoms with E-state index in [0.717, 1.165) is 116 Å². The van der Waals surface area contributed by atoms with Crippen molar-refractivity contribution < 1.29 is 13.3 Å². The lowest BCUT2D eigenvalue weighted by Gasteiger charge is -2.33. The van der Waals surface area contributed by atoms with E-state index in [-0.39, 0.29) is 27.3 Å². The molecule has 0 aromatic heterocycles. The van der Waals surface area contributed by atoms with Crippen molar-refractivity contribution in [1.82, 2.24) is 4.31 Å². The average Bonchev–Trinajstić information content (AvgIpc) is 3.06. The zero-order chi connectivity index (χ0) is 34.5. The molecule has 1 aromatic rings. The van der Waals surface area contributed by atoms with E-state index >= 15 is 0 Å². The van der Waals surface area contributed by atoms with Crippen molar-refractivity contribution in [2.24, 2.45) is 23.7 Å². The molecule has 0 aliphatic heterocycles. The van der Waals surface area contributed by atoms with E-state index in [1.165, 1.54) is 6.07 Å². The number of hydrogen-bond donors (Lipinski definition) is 0. The van der Waals surface area contributed by atoms with Crippen LogP contribution < -0.4 is 4.90 Å². The van der Waals surface area contributed by atoms with Gasteiger partial charge < -0.3 is 4.90 Å². The minimum atomic E-state index is -3.93. The quantitative estimate of drug-likeness (QED) is 0.0657. The lowest BCUT2D eigenvalue weighted by atomic mass is 9.95. The maximum Gasteiger partial charge on any atom is 0.293 e. The zero-order valence-corrected chi connectivity index (χ0v) is 31.9. The maximum absolute atomic E-state index is 14.4. The third-order valence-electron chi connectivity index (χ3n) is 10.2. The van der Waals surface area contributed by atoms with Gasteiger partial charge in [-0.3, -0.25) is 10.1 Å². The molecule has 1 aromatic carbocycles. The number of nitro benzene ring substituents is 1. The van der Waals surface area contributed by atoms with Crippen molar-refractivity contribution in [2.45, 2.75) is 163 Å². The Morgan fingerprint density at radius 2 is 1.00 bits per heavy atom. The Bertz CT molecular complexity index is 1030. The first-order valence-electron chi connectivity index (χ1n) is 19.1. The Kier molecular flexibility index (Phi) is 21.7. The summed E-state index contributed by atoms with van der Waals surface area (Å²) in [5.41, 5.74) is 0.469. The fourth-order valence-corrected chi connectivity index (χ4v) is 8.25. The molecule has 0 fully saturated rings. The van der Waals surface area contributed by atoms with E-state index in [9.17, 15) is 18.5 Å². The predicted molar refractivity (Wildman–Crippen MR) is 197 cm³/mol. The second kappa shape index (κ2) is 23.6. The first-order valence-corrected chi connectivity index (χ1v) is 20.5. The molecular formula is C38H71N3O4S. The number of rotatable bonds is 28. The number of nitrogens with zero attached hydrogens (tertiary/aromatic N) is 3. The van der Waals surface area contributed by atoms with E-state index in [1.807, 2.05) is 0 Å². The summed E-state index contributed by atoms with van der Waals surface area (Å²) in [6.45, 7) is 19.9. The average molecular weight is 666 g/mol. The second-order valence-corrected chi connectivity index (χ2v) is 15.7. The van der Waals surface area contributed by atoms with Crippen LogP contribution in [0.15, 0.2) is 23.1 Å². The molecule has 46 heavy (non-hydrogen) atoms. The van der Waals surface area contributed by atoms with Crippen LogP contribution in [0.2, 0.25) is 0 Å². The van der Waals surface area contributed by atoms with Crippen molar-refractivity contribution >= 4 is 21.4 Å². The molecule has 268 valence electrons. The van der Waals surface area contributed by atoms with Crippen LogP contribution in [-0.2, 0) is 10.0 Å². The van der Waals surface area contributed by atoms with Crippen LogP contribution in [0.25, 0.3) is 0 Å². The van der Waals surface area contributed by atoms with Gasteiger partial charge in [0, 0.05) is 32.2 Å². The standard InChI is InChI=1S/C38H71N3O4S/c1-9-17-21-32(13-5)28-39(29-33(14-6)22-18-10-2)37-26-25-36(27-38(37)41(42)43)46(44,45)40(30-34(15-7)23-19-11-3)31-35(16-8)24-20-12-4/h25-27,32-35H,9-24,28-31H2,1-8H3/t32-,33+,34-,35+. The fourth-order valence-electron chi connectivity index (χ4n) is 6.64. The van der Waals surface area contributed by atoms with Crippen molar-refractivity contribution in [3.05, 3.63) is 28.3 Å². The molecule has 1 rings (SSSR count). The van der Waals surface area contributed by atoms with Crippen LogP contribution in [0.5, 0.6) is 0 Å². The first kappa shape index (κ1) is 42.4. The van der Waals surface area contributed by atoms with E-state index < -0.39 is 10.0 Å². The second-order valence-electron chi connectivity index (χ2n) is 13.8. The van der Waals surface area contributed by atoms with Crippen molar-refractivity contribution in [2.75, 3.05) is 31.1 Å². The summed E-state index contributed by atoms with van der Waals surface area (Å²) >= 11 is 0. The third-order valence-corrected chi connectivity index (χ3v) is 12.0. The van der Waals surface area contributed by atoms with Gasteiger partial charge in [0.15, 0.2) is 0 Å². The van der Waals surface area contributed by atoms with Crippen LogP contribution in [0, 0.1) is 33.8 Å². The Balaban J connectivity index is 3.66. The zero-order valence-electron chi connectivity index (χ0n) is 31.1. The molecule has 0 amide bonds. The lowest BCUT2D eigenvalue weighted by Crippen LogP contribution is -2.39. The molecule has 0 aliphatic rings. The summed E-state index contributed by atoms with van der Waals surface area (Å²) in [4.78, 5) is 14.6. The van der Waals surface area contributed by atoms with Crippen LogP contribution in [-0.4, -0.2) is 43.8 Å². The molecule has 0 aliphatic carbocycles. The Morgan fingerprint density at radius 3 is 1.33 bits per heavy atom. The summed E-state index contributed by atoms with van der Waals surface area (Å²) in [5.74, 6) is 1.41. The monoisotopic (exact) mass is 666 g/mol. The molecule has 0 bridgehead atoms. The minimum absolute atomic E-state index is 0.0506. The van der Waals surface area contributed by atoms with Crippen LogP contribution in [0.4, 0.5) is 11.4 Å². The van der Waals surface area contributed by atoms with E-state index in [4.69, 9.17) is 0 Å². The normalized spacial score (nSPS) is 14.7. The predicted octanol–water partition coefficient (Wildman–Crippen LogP) is 11.3. The number of benzene rings is 1. The summed E-state index contributed by atoms with van der Waals surface area (Å²) in [7, 11) is -3.93. The number of anilines is 1. The van der Waals surface area contributed by atoms with Gasteiger partial charge >= 0.3 is 0 Å². The summed E-state index contributed by atoms with van der Waals surface area (Å²) in [5, 5.41) is 12.7. The molecule has 0 spiro atoms. The van der Waals surface area contributed by atoms with E-state index in [1.54, 1.807) is 16.4 Å². The molecule has 0 saturated heterocycles. The lowest BCUT2D eigenvalue weighted by molar-refractivity contribution is -0.384.